The Bertz CT molecular complexity index is 1820. The van der Waals surface area contributed by atoms with Gasteiger partial charge in [-0.1, -0.05) is 48.4 Å². The van der Waals surface area contributed by atoms with Gasteiger partial charge < -0.3 is 10.6 Å². The number of nitrogens with zero attached hydrogens (tertiary/aromatic N) is 5. The van der Waals surface area contributed by atoms with Gasteiger partial charge in [-0.15, -0.1) is 5.10 Å². The van der Waals surface area contributed by atoms with Crippen LogP contribution < -0.4 is 10.6 Å². The normalized spacial score (nSPS) is 16.9. The molecule has 0 fully saturated rings. The maximum atomic E-state index is 14.7. The first kappa shape index (κ1) is 28.2. The highest BCUT2D eigenvalue weighted by molar-refractivity contribution is 6.30. The van der Waals surface area contributed by atoms with Gasteiger partial charge in [0.25, 0.3) is 5.91 Å². The minimum atomic E-state index is -0.653. The lowest BCUT2D eigenvalue weighted by Gasteiger charge is -2.22. The van der Waals surface area contributed by atoms with Gasteiger partial charge in [-0.25, -0.2) is 9.07 Å². The fourth-order valence-electron chi connectivity index (χ4n) is 5.25. The van der Waals surface area contributed by atoms with Gasteiger partial charge >= 0.3 is 0 Å². The molecule has 2 bridgehead atoms. The molecule has 3 N–H and O–H groups in total. The van der Waals surface area contributed by atoms with Crippen LogP contribution in [0.1, 0.15) is 54.1 Å². The molecule has 43 heavy (non-hydrogen) atoms. The van der Waals surface area contributed by atoms with Crippen molar-refractivity contribution in [1.82, 2.24) is 35.5 Å². The summed E-state index contributed by atoms with van der Waals surface area (Å²) < 4.78 is 15.9. The SMILES string of the molecule is Cc1c(C(=O)N[C@H]2CCC[C@@H](C)C(=O)Nc3cc(-c4ccn[nH]4)ccc3-c3ccnc2c3)nnn1-c1cccc(Cl)c1F. The zero-order valence-electron chi connectivity index (χ0n) is 23.4. The predicted octanol–water partition coefficient (Wildman–Crippen LogP) is 6.05. The number of carbonyl (C=O) groups excluding carboxylic acids is 2. The van der Waals surface area contributed by atoms with E-state index in [2.05, 4.69) is 36.1 Å². The zero-order valence-corrected chi connectivity index (χ0v) is 24.2. The van der Waals surface area contributed by atoms with E-state index in [4.69, 9.17) is 11.6 Å². The van der Waals surface area contributed by atoms with Crippen LogP contribution in [0, 0.1) is 18.7 Å². The number of pyridine rings is 1. The minimum Gasteiger partial charge on any atom is -0.342 e. The van der Waals surface area contributed by atoms with Gasteiger partial charge in [0.2, 0.25) is 5.91 Å². The maximum Gasteiger partial charge on any atom is 0.274 e. The number of fused-ring (bicyclic) bond motifs is 4. The van der Waals surface area contributed by atoms with Gasteiger partial charge in [0, 0.05) is 35.1 Å². The molecule has 5 aromatic rings. The van der Waals surface area contributed by atoms with E-state index in [0.717, 1.165) is 22.4 Å². The minimum absolute atomic E-state index is 0.0559. The number of hydrogen-bond acceptors (Lipinski definition) is 6. The molecule has 10 nitrogen and oxygen atoms in total. The molecule has 3 aromatic heterocycles. The number of aromatic amines is 1. The van der Waals surface area contributed by atoms with Crippen molar-refractivity contribution < 1.29 is 14.0 Å². The van der Waals surface area contributed by atoms with Crippen LogP contribution in [-0.4, -0.2) is 42.0 Å². The number of benzene rings is 2. The van der Waals surface area contributed by atoms with Crippen molar-refractivity contribution in [1.29, 1.82) is 0 Å². The summed E-state index contributed by atoms with van der Waals surface area (Å²) in [6.07, 6.45) is 5.18. The number of aromatic nitrogens is 6. The van der Waals surface area contributed by atoms with Crippen molar-refractivity contribution in [2.75, 3.05) is 5.32 Å². The Morgan fingerprint density at radius 3 is 2.77 bits per heavy atom. The summed E-state index contributed by atoms with van der Waals surface area (Å²) in [6.45, 7) is 3.53. The van der Waals surface area contributed by atoms with E-state index < -0.39 is 17.8 Å². The van der Waals surface area contributed by atoms with Crippen LogP contribution in [-0.2, 0) is 4.79 Å². The summed E-state index contributed by atoms with van der Waals surface area (Å²) in [7, 11) is 0. The first-order valence-corrected chi connectivity index (χ1v) is 14.3. The van der Waals surface area contributed by atoms with Crippen molar-refractivity contribution in [3.05, 3.63) is 94.9 Å². The van der Waals surface area contributed by atoms with Crippen LogP contribution in [0.15, 0.2) is 67.0 Å². The van der Waals surface area contributed by atoms with Gasteiger partial charge in [-0.05, 0) is 61.7 Å². The molecule has 2 aromatic carbocycles. The van der Waals surface area contributed by atoms with Crippen molar-refractivity contribution >= 4 is 29.1 Å². The predicted molar refractivity (Wildman–Crippen MR) is 160 cm³/mol. The van der Waals surface area contributed by atoms with E-state index >= 15 is 0 Å². The molecule has 6 rings (SSSR count). The topological polar surface area (TPSA) is 130 Å². The smallest absolute Gasteiger partial charge is 0.274 e. The monoisotopic (exact) mass is 598 g/mol. The average molecular weight is 599 g/mol. The van der Waals surface area contributed by atoms with Crippen LogP contribution in [0.2, 0.25) is 5.02 Å². The molecule has 4 heterocycles. The molecule has 0 saturated carbocycles. The summed E-state index contributed by atoms with van der Waals surface area (Å²) >= 11 is 5.95. The Morgan fingerprint density at radius 1 is 1.09 bits per heavy atom. The summed E-state index contributed by atoms with van der Waals surface area (Å²) in [5, 5.41) is 21.2. The highest BCUT2D eigenvalue weighted by Crippen LogP contribution is 2.35. The molecule has 0 aliphatic carbocycles. The molecule has 2 amide bonds. The number of carbonyl (C=O) groups is 2. The van der Waals surface area contributed by atoms with Crippen molar-refractivity contribution in [2.45, 2.75) is 39.2 Å². The lowest BCUT2D eigenvalue weighted by Crippen LogP contribution is -2.30. The fraction of sp³-hybridized carbons (Fsp3) is 0.226. The fourth-order valence-corrected chi connectivity index (χ4v) is 5.42. The van der Waals surface area contributed by atoms with Crippen LogP contribution in [0.25, 0.3) is 28.1 Å². The molecule has 0 radical (unpaired) electrons. The molecule has 218 valence electrons. The molecule has 1 aliphatic heterocycles. The van der Waals surface area contributed by atoms with E-state index in [1.54, 1.807) is 25.4 Å². The second kappa shape index (κ2) is 11.8. The number of H-pyrrole nitrogens is 1. The number of amides is 2. The molecule has 0 unspecified atom stereocenters. The van der Waals surface area contributed by atoms with E-state index in [1.807, 2.05) is 43.3 Å². The van der Waals surface area contributed by atoms with Crippen LogP contribution in [0.3, 0.4) is 0 Å². The van der Waals surface area contributed by atoms with E-state index in [-0.39, 0.29) is 28.2 Å². The second-order valence-corrected chi connectivity index (χ2v) is 11.0. The van der Waals surface area contributed by atoms with Gasteiger partial charge in [0.1, 0.15) is 5.69 Å². The summed E-state index contributed by atoms with van der Waals surface area (Å²) in [4.78, 5) is 31.3. The molecule has 1 aliphatic rings. The summed E-state index contributed by atoms with van der Waals surface area (Å²) in [5.41, 5.74) is 5.23. The Kier molecular flexibility index (Phi) is 7.73. The van der Waals surface area contributed by atoms with E-state index in [0.29, 0.717) is 36.3 Å². The molecule has 0 saturated heterocycles. The lowest BCUT2D eigenvalue weighted by molar-refractivity contribution is -0.119. The highest BCUT2D eigenvalue weighted by Gasteiger charge is 2.25. The third kappa shape index (κ3) is 5.63. The molecule has 0 spiro atoms. The maximum absolute atomic E-state index is 14.7. The first-order valence-electron chi connectivity index (χ1n) is 13.9. The number of halogens is 2. The second-order valence-electron chi connectivity index (χ2n) is 10.6. The van der Waals surface area contributed by atoms with Gasteiger partial charge in [-0.2, -0.15) is 5.10 Å². The van der Waals surface area contributed by atoms with Gasteiger partial charge in [0.15, 0.2) is 11.5 Å². The molecular weight excluding hydrogens is 571 g/mol. The van der Waals surface area contributed by atoms with E-state index in [1.165, 1.54) is 16.8 Å². The highest BCUT2D eigenvalue weighted by atomic mass is 35.5. The van der Waals surface area contributed by atoms with Crippen LogP contribution >= 0.6 is 11.6 Å². The zero-order chi connectivity index (χ0) is 30.1. The number of nitrogens with one attached hydrogen (secondary N) is 3. The third-order valence-electron chi connectivity index (χ3n) is 7.69. The van der Waals surface area contributed by atoms with Crippen molar-refractivity contribution in [3.8, 4) is 28.1 Å². The number of anilines is 1. The van der Waals surface area contributed by atoms with Gasteiger partial charge in [0.05, 0.1) is 28.1 Å². The Morgan fingerprint density at radius 2 is 1.95 bits per heavy atom. The standard InChI is InChI=1S/C31H28ClFN8O2/c1-17-5-3-7-24(36-31(43)29-18(2)41(40-39-29)27-8-4-6-22(32)28(27)33)26-15-19(11-13-34-26)21-10-9-20(23-12-14-35-38-23)16-25(21)37-30(17)42/h4,6,8-17,24H,3,5,7H2,1-2H3,(H,35,38)(H,36,43)(H,37,42)/t17-,24+/m1/s1. The third-order valence-corrected chi connectivity index (χ3v) is 7.98. The lowest BCUT2D eigenvalue weighted by atomic mass is 9.94. The molecular formula is C31H28ClFN8O2. The largest absolute Gasteiger partial charge is 0.342 e. The Balaban J connectivity index is 1.34. The number of rotatable bonds is 4. The summed E-state index contributed by atoms with van der Waals surface area (Å²) in [5.74, 6) is -1.47. The first-order chi connectivity index (χ1) is 20.8. The quantitative estimate of drug-likeness (QED) is 0.231. The summed E-state index contributed by atoms with van der Waals surface area (Å²) in [6, 6.07) is 15.6. The van der Waals surface area contributed by atoms with Gasteiger partial charge in [-0.3, -0.25) is 19.7 Å². The van der Waals surface area contributed by atoms with Crippen LogP contribution in [0.4, 0.5) is 10.1 Å². The molecule has 12 heteroatoms. The van der Waals surface area contributed by atoms with Crippen molar-refractivity contribution in [2.24, 2.45) is 5.92 Å². The average Bonchev–Trinajstić information content (AvgIpc) is 3.68. The Hall–Kier alpha value is -4.90. The van der Waals surface area contributed by atoms with E-state index in [9.17, 15) is 14.0 Å². The van der Waals surface area contributed by atoms with Crippen LogP contribution in [0.5, 0.6) is 0 Å². The Labute approximate surface area is 251 Å². The number of hydrogen-bond donors (Lipinski definition) is 3. The van der Waals surface area contributed by atoms with Crippen molar-refractivity contribution in [3.63, 3.8) is 0 Å². The molecule has 2 atom stereocenters.